The van der Waals surface area contributed by atoms with E-state index in [0.717, 1.165) is 0 Å². The van der Waals surface area contributed by atoms with E-state index in [2.05, 4.69) is 10.3 Å². The zero-order chi connectivity index (χ0) is 7.84. The zero-order valence-corrected chi connectivity index (χ0v) is 5.57. The maximum Gasteiger partial charge on any atom is 0.349 e. The third kappa shape index (κ3) is 0.813. The molecule has 0 saturated carbocycles. The molecule has 5 nitrogen and oxygen atoms in total. The number of nitrogens with zero attached hydrogens (tertiary/aromatic N) is 2. The van der Waals surface area contributed by atoms with Gasteiger partial charge in [-0.05, 0) is 6.07 Å². The molecule has 0 fully saturated rings. The lowest BCUT2D eigenvalue weighted by Gasteiger charge is -1.95. The first kappa shape index (κ1) is 6.09. The fourth-order valence-corrected chi connectivity index (χ4v) is 1.02. The Labute approximate surface area is 61.7 Å². The van der Waals surface area contributed by atoms with Crippen molar-refractivity contribution in [3.05, 3.63) is 22.7 Å². The number of amides is 1. The van der Waals surface area contributed by atoms with E-state index < -0.39 is 0 Å². The summed E-state index contributed by atoms with van der Waals surface area (Å²) in [6.45, 7) is 0.0853. The Morgan fingerprint density at radius 3 is 3.09 bits per heavy atom. The van der Waals surface area contributed by atoms with E-state index >= 15 is 0 Å². The van der Waals surface area contributed by atoms with Crippen molar-refractivity contribution >= 4 is 11.7 Å². The summed E-state index contributed by atoms with van der Waals surface area (Å²) in [7, 11) is 0. The van der Waals surface area contributed by atoms with Crippen molar-refractivity contribution in [2.45, 2.75) is 6.54 Å². The maximum absolute atomic E-state index is 10.9. The number of anilines is 1. The first-order valence-corrected chi connectivity index (χ1v) is 3.13. The van der Waals surface area contributed by atoms with Gasteiger partial charge < -0.3 is 5.32 Å². The number of rotatable bonds is 0. The number of hydrogen-bond donors (Lipinski definition) is 1. The van der Waals surface area contributed by atoms with E-state index in [4.69, 9.17) is 0 Å². The molecule has 56 valence electrons. The molecular formula is C6H5N3O2. The fourth-order valence-electron chi connectivity index (χ4n) is 1.02. The number of carbonyl (C=O) groups excluding carboxylic acids is 1. The van der Waals surface area contributed by atoms with Crippen LogP contribution in [0.2, 0.25) is 0 Å². The Morgan fingerprint density at radius 2 is 2.36 bits per heavy atom. The molecule has 1 N–H and O–H groups in total. The van der Waals surface area contributed by atoms with Gasteiger partial charge in [-0.15, -0.1) is 0 Å². The number of aromatic nitrogens is 2. The molecule has 0 aliphatic carbocycles. The third-order valence-electron chi connectivity index (χ3n) is 1.51. The highest BCUT2D eigenvalue weighted by Gasteiger charge is 2.17. The minimum absolute atomic E-state index is 0.0853. The van der Waals surface area contributed by atoms with Gasteiger partial charge in [-0.25, -0.2) is 9.78 Å². The standard InChI is InChI=1S/C6H5N3O2/c10-5-3-9-4(8-5)1-2-7-6(9)11/h1-2H,3H2,(H,8,10). The van der Waals surface area contributed by atoms with E-state index in [1.807, 2.05) is 0 Å². The smallest absolute Gasteiger partial charge is 0.310 e. The molecular weight excluding hydrogens is 146 g/mol. The number of fused-ring (bicyclic) bond motifs is 1. The summed E-state index contributed by atoms with van der Waals surface area (Å²) in [5.74, 6) is 0.352. The minimum Gasteiger partial charge on any atom is -0.310 e. The fraction of sp³-hybridized carbons (Fsp3) is 0.167. The maximum atomic E-state index is 10.9. The highest BCUT2D eigenvalue weighted by molar-refractivity contribution is 5.93. The lowest BCUT2D eigenvalue weighted by atomic mass is 10.6. The molecule has 0 saturated heterocycles. The average molecular weight is 151 g/mol. The van der Waals surface area contributed by atoms with Crippen molar-refractivity contribution in [3.63, 3.8) is 0 Å². The van der Waals surface area contributed by atoms with Crippen LogP contribution in [0.15, 0.2) is 17.1 Å². The summed E-state index contributed by atoms with van der Waals surface area (Å²) in [4.78, 5) is 25.2. The van der Waals surface area contributed by atoms with Gasteiger partial charge in [0.25, 0.3) is 0 Å². The first-order valence-electron chi connectivity index (χ1n) is 3.13. The molecule has 5 heteroatoms. The van der Waals surface area contributed by atoms with Gasteiger partial charge in [-0.1, -0.05) is 0 Å². The second kappa shape index (κ2) is 1.91. The number of carbonyl (C=O) groups is 1. The van der Waals surface area contributed by atoms with Crippen LogP contribution in [0.3, 0.4) is 0 Å². The molecule has 0 spiro atoms. The summed E-state index contributed by atoms with van der Waals surface area (Å²) < 4.78 is 1.29. The van der Waals surface area contributed by atoms with E-state index in [1.165, 1.54) is 10.8 Å². The Bertz CT molecular complexity index is 368. The molecule has 2 heterocycles. The normalized spacial score (nSPS) is 14.4. The van der Waals surface area contributed by atoms with Gasteiger partial charge in [0.1, 0.15) is 12.4 Å². The summed E-state index contributed by atoms with van der Waals surface area (Å²) in [6.07, 6.45) is 1.37. The lowest BCUT2D eigenvalue weighted by Crippen LogP contribution is -2.20. The van der Waals surface area contributed by atoms with Crippen LogP contribution in [0.4, 0.5) is 5.82 Å². The Morgan fingerprint density at radius 1 is 1.55 bits per heavy atom. The van der Waals surface area contributed by atoms with Crippen LogP contribution in [0.1, 0.15) is 0 Å². The molecule has 2 rings (SSSR count). The van der Waals surface area contributed by atoms with Gasteiger partial charge in [0, 0.05) is 6.20 Å². The largest absolute Gasteiger partial charge is 0.349 e. The molecule has 1 aliphatic heterocycles. The highest BCUT2D eigenvalue weighted by Crippen LogP contribution is 2.08. The molecule has 11 heavy (non-hydrogen) atoms. The van der Waals surface area contributed by atoms with Gasteiger partial charge in [-0.3, -0.25) is 9.36 Å². The minimum atomic E-state index is -0.388. The molecule has 1 aliphatic rings. The predicted octanol–water partition coefficient (Wildman–Crippen LogP) is -0.805. The van der Waals surface area contributed by atoms with Crippen molar-refractivity contribution in [1.82, 2.24) is 9.55 Å². The topological polar surface area (TPSA) is 64.0 Å². The average Bonchev–Trinajstić information content (AvgIpc) is 2.31. The van der Waals surface area contributed by atoms with Crippen LogP contribution < -0.4 is 11.0 Å². The van der Waals surface area contributed by atoms with Gasteiger partial charge >= 0.3 is 5.69 Å². The van der Waals surface area contributed by atoms with Crippen molar-refractivity contribution in [2.75, 3.05) is 5.32 Å². The molecule has 0 bridgehead atoms. The SMILES string of the molecule is O=C1Cn2c(ccnc2=O)N1. The third-order valence-corrected chi connectivity index (χ3v) is 1.51. The summed E-state index contributed by atoms with van der Waals surface area (Å²) in [6, 6.07) is 1.59. The first-order chi connectivity index (χ1) is 5.27. The van der Waals surface area contributed by atoms with Crippen LogP contribution in [0.5, 0.6) is 0 Å². The molecule has 1 aromatic rings. The van der Waals surface area contributed by atoms with Gasteiger partial charge in [0.05, 0.1) is 0 Å². The van der Waals surface area contributed by atoms with Crippen LogP contribution in [0, 0.1) is 0 Å². The summed E-state index contributed by atoms with van der Waals surface area (Å²) in [5, 5.41) is 2.52. The lowest BCUT2D eigenvalue weighted by molar-refractivity contribution is -0.115. The highest BCUT2D eigenvalue weighted by atomic mass is 16.2. The van der Waals surface area contributed by atoms with Crippen molar-refractivity contribution in [2.24, 2.45) is 0 Å². The molecule has 0 atom stereocenters. The van der Waals surface area contributed by atoms with Crippen molar-refractivity contribution in [1.29, 1.82) is 0 Å². The quantitative estimate of drug-likeness (QED) is 0.527. The second-order valence-corrected chi connectivity index (χ2v) is 2.25. The predicted molar refractivity (Wildman–Crippen MR) is 37.1 cm³/mol. The van der Waals surface area contributed by atoms with Crippen LogP contribution in [-0.2, 0) is 11.3 Å². The van der Waals surface area contributed by atoms with Crippen LogP contribution in [0.25, 0.3) is 0 Å². The Kier molecular flexibility index (Phi) is 1.06. The summed E-state index contributed by atoms with van der Waals surface area (Å²) >= 11 is 0. The van der Waals surface area contributed by atoms with E-state index in [1.54, 1.807) is 6.07 Å². The second-order valence-electron chi connectivity index (χ2n) is 2.25. The van der Waals surface area contributed by atoms with E-state index in [-0.39, 0.29) is 18.1 Å². The number of nitrogens with one attached hydrogen (secondary N) is 1. The molecule has 0 radical (unpaired) electrons. The van der Waals surface area contributed by atoms with Crippen molar-refractivity contribution in [3.8, 4) is 0 Å². The van der Waals surface area contributed by atoms with Crippen LogP contribution in [-0.4, -0.2) is 15.5 Å². The molecule has 0 aromatic carbocycles. The molecule has 0 unspecified atom stereocenters. The Balaban J connectivity index is 2.66. The van der Waals surface area contributed by atoms with Crippen LogP contribution >= 0.6 is 0 Å². The van der Waals surface area contributed by atoms with E-state index in [0.29, 0.717) is 5.82 Å². The van der Waals surface area contributed by atoms with Gasteiger partial charge in [0.2, 0.25) is 5.91 Å². The van der Waals surface area contributed by atoms with E-state index in [9.17, 15) is 9.59 Å². The Hall–Kier alpha value is -1.65. The van der Waals surface area contributed by atoms with Crippen molar-refractivity contribution < 1.29 is 4.79 Å². The monoisotopic (exact) mass is 151 g/mol. The molecule has 1 aromatic heterocycles. The number of hydrogen-bond acceptors (Lipinski definition) is 3. The molecule has 1 amide bonds. The zero-order valence-electron chi connectivity index (χ0n) is 5.57. The van der Waals surface area contributed by atoms with Gasteiger partial charge in [-0.2, -0.15) is 0 Å². The van der Waals surface area contributed by atoms with Gasteiger partial charge in [0.15, 0.2) is 0 Å². The summed E-state index contributed by atoms with van der Waals surface area (Å²) in [5.41, 5.74) is -0.388.